The van der Waals surface area contributed by atoms with E-state index >= 15 is 0 Å². The van der Waals surface area contributed by atoms with Gasteiger partial charge in [0.1, 0.15) is 0 Å². The summed E-state index contributed by atoms with van der Waals surface area (Å²) in [5, 5.41) is 23.2. The maximum atomic E-state index is 12.5. The fourth-order valence-electron chi connectivity index (χ4n) is 10.6. The molecule has 3 N–H and O–H groups in total. The van der Waals surface area contributed by atoms with E-state index in [-0.39, 0.29) is 18.5 Å². The van der Waals surface area contributed by atoms with Crippen LogP contribution in [0.15, 0.2) is 24.3 Å². The van der Waals surface area contributed by atoms with Crippen LogP contribution in [0.25, 0.3) is 0 Å². The van der Waals surface area contributed by atoms with E-state index in [4.69, 9.17) is 4.74 Å². The third-order valence-corrected chi connectivity index (χ3v) is 15.7. The predicted molar refractivity (Wildman–Crippen MR) is 324 cm³/mol. The van der Waals surface area contributed by atoms with Crippen LogP contribution in [0.3, 0.4) is 0 Å². The lowest BCUT2D eigenvalue weighted by Crippen LogP contribution is -2.45. The van der Waals surface area contributed by atoms with Gasteiger partial charge in [-0.2, -0.15) is 0 Å². The Labute approximate surface area is 462 Å². The van der Waals surface area contributed by atoms with Gasteiger partial charge in [0, 0.05) is 12.8 Å². The molecule has 0 aromatic carbocycles. The summed E-state index contributed by atoms with van der Waals surface area (Å²) in [6.45, 7) is 4.97. The first-order valence-corrected chi connectivity index (χ1v) is 33.6. The highest BCUT2D eigenvalue weighted by atomic mass is 16.5. The molecule has 0 spiro atoms. The quantitative estimate of drug-likeness (QED) is 0.0320. The van der Waals surface area contributed by atoms with Crippen LogP contribution in [-0.2, 0) is 14.3 Å². The minimum atomic E-state index is -0.662. The Morgan fingerprint density at radius 2 is 0.635 bits per heavy atom. The van der Waals surface area contributed by atoms with Crippen molar-refractivity contribution in [2.24, 2.45) is 0 Å². The molecule has 6 nitrogen and oxygen atoms in total. The second-order valence-electron chi connectivity index (χ2n) is 23.1. The number of esters is 1. The highest BCUT2D eigenvalue weighted by Gasteiger charge is 2.20. The molecule has 0 saturated carbocycles. The van der Waals surface area contributed by atoms with Gasteiger partial charge < -0.3 is 20.3 Å². The van der Waals surface area contributed by atoms with Crippen molar-refractivity contribution < 1.29 is 24.5 Å². The molecule has 0 fully saturated rings. The summed E-state index contributed by atoms with van der Waals surface area (Å²) in [6, 6.07) is -0.539. The molecular formula is C68H131NO5. The summed E-state index contributed by atoms with van der Waals surface area (Å²) >= 11 is 0. The number of carbonyl (C=O) groups excluding carboxylic acids is 2. The SMILES string of the molecule is CCCCCCCCC/C=C\CCCCCCCC(=O)OCCCCCCCCCCCCCC/C=C\CCCCCCCCCCCCCCCC(=O)NC(CO)C(O)CCCCCCCCCCCCCC. The molecule has 0 aliphatic heterocycles. The standard InChI is InChI=1S/C68H131NO5/c1-3-5-7-9-11-13-15-17-18-35-38-42-46-50-54-58-62-68(73)74-63-59-55-51-47-43-39-36-33-31-29-27-25-23-21-19-20-22-24-26-28-30-32-34-37-41-45-49-53-57-61-67(72)69-65(64-70)66(71)60-56-52-48-44-40-16-14-12-10-8-6-4-2/h18-19,21,35,65-66,70-71H,3-17,20,22-34,36-64H2,1-2H3,(H,69,72)/b21-19-,35-18-. The molecule has 438 valence electrons. The molecule has 0 aliphatic rings. The molecule has 0 heterocycles. The Kier molecular flexibility index (Phi) is 62.4. The lowest BCUT2D eigenvalue weighted by atomic mass is 10.0. The Morgan fingerprint density at radius 3 is 0.959 bits per heavy atom. The minimum absolute atomic E-state index is 0.00956. The fourth-order valence-corrected chi connectivity index (χ4v) is 10.6. The van der Waals surface area contributed by atoms with Crippen LogP contribution < -0.4 is 5.32 Å². The monoisotopic (exact) mass is 1040 g/mol. The zero-order valence-corrected chi connectivity index (χ0v) is 50.1. The van der Waals surface area contributed by atoms with Gasteiger partial charge in [-0.25, -0.2) is 0 Å². The van der Waals surface area contributed by atoms with E-state index in [1.165, 1.54) is 295 Å². The first kappa shape index (κ1) is 72.3. The molecule has 0 aromatic heterocycles. The maximum absolute atomic E-state index is 12.5. The van der Waals surface area contributed by atoms with E-state index in [1.807, 2.05) is 0 Å². The maximum Gasteiger partial charge on any atom is 0.305 e. The summed E-state index contributed by atoms with van der Waals surface area (Å²) in [6.07, 6.45) is 79.3. The van der Waals surface area contributed by atoms with Crippen LogP contribution in [0.2, 0.25) is 0 Å². The van der Waals surface area contributed by atoms with Gasteiger partial charge in [0.25, 0.3) is 0 Å². The second kappa shape index (κ2) is 63.9. The van der Waals surface area contributed by atoms with Crippen LogP contribution in [0.1, 0.15) is 373 Å². The van der Waals surface area contributed by atoms with Gasteiger partial charge in [-0.15, -0.1) is 0 Å². The molecule has 2 atom stereocenters. The van der Waals surface area contributed by atoms with Gasteiger partial charge in [0.05, 0.1) is 25.4 Å². The fraction of sp³-hybridized carbons (Fsp3) is 0.912. The molecule has 6 heteroatoms. The topological polar surface area (TPSA) is 95.9 Å². The number of hydrogen-bond donors (Lipinski definition) is 3. The molecule has 0 bridgehead atoms. The number of amides is 1. The van der Waals surface area contributed by atoms with E-state index in [1.54, 1.807) is 0 Å². The average molecular weight is 1040 g/mol. The zero-order valence-electron chi connectivity index (χ0n) is 50.1. The lowest BCUT2D eigenvalue weighted by Gasteiger charge is -2.22. The van der Waals surface area contributed by atoms with Crippen molar-refractivity contribution in [3.63, 3.8) is 0 Å². The minimum Gasteiger partial charge on any atom is -0.466 e. The number of ether oxygens (including phenoxy) is 1. The van der Waals surface area contributed by atoms with Crippen LogP contribution in [0.4, 0.5) is 0 Å². The molecule has 0 aromatic rings. The number of rotatable bonds is 63. The number of unbranched alkanes of at least 4 members (excludes halogenated alkanes) is 48. The van der Waals surface area contributed by atoms with Crippen LogP contribution in [0, 0.1) is 0 Å². The summed E-state index contributed by atoms with van der Waals surface area (Å²) < 4.78 is 5.49. The molecular weight excluding hydrogens is 911 g/mol. The van der Waals surface area contributed by atoms with Crippen LogP contribution in [-0.4, -0.2) is 47.4 Å². The molecule has 1 amide bonds. The van der Waals surface area contributed by atoms with E-state index in [0.29, 0.717) is 25.9 Å². The van der Waals surface area contributed by atoms with Crippen LogP contribution in [0.5, 0.6) is 0 Å². The highest BCUT2D eigenvalue weighted by molar-refractivity contribution is 5.76. The van der Waals surface area contributed by atoms with Gasteiger partial charge in [-0.05, 0) is 77.0 Å². The molecule has 2 unspecified atom stereocenters. The van der Waals surface area contributed by atoms with Crippen molar-refractivity contribution in [1.29, 1.82) is 0 Å². The van der Waals surface area contributed by atoms with E-state index in [9.17, 15) is 19.8 Å². The van der Waals surface area contributed by atoms with Crippen molar-refractivity contribution in [3.8, 4) is 0 Å². The summed E-state index contributed by atoms with van der Waals surface area (Å²) in [5.74, 6) is -0.0235. The lowest BCUT2D eigenvalue weighted by molar-refractivity contribution is -0.143. The number of hydrogen-bond acceptors (Lipinski definition) is 5. The Hall–Kier alpha value is -1.66. The summed E-state index contributed by atoms with van der Waals surface area (Å²) in [5.41, 5.74) is 0. The third kappa shape index (κ3) is 59.6. The van der Waals surface area contributed by atoms with Crippen molar-refractivity contribution >= 4 is 11.9 Å². The Balaban J connectivity index is 3.35. The normalized spacial score (nSPS) is 12.6. The highest BCUT2D eigenvalue weighted by Crippen LogP contribution is 2.18. The number of allylic oxidation sites excluding steroid dienone is 4. The van der Waals surface area contributed by atoms with E-state index in [2.05, 4.69) is 43.5 Å². The number of nitrogens with one attached hydrogen (secondary N) is 1. The van der Waals surface area contributed by atoms with Crippen molar-refractivity contribution in [3.05, 3.63) is 24.3 Å². The van der Waals surface area contributed by atoms with Gasteiger partial charge in [-0.3, -0.25) is 9.59 Å². The van der Waals surface area contributed by atoms with Gasteiger partial charge in [0.15, 0.2) is 0 Å². The Bertz CT molecular complexity index is 1150. The van der Waals surface area contributed by atoms with Crippen LogP contribution >= 0.6 is 0 Å². The smallest absolute Gasteiger partial charge is 0.305 e. The Morgan fingerprint density at radius 1 is 0.365 bits per heavy atom. The number of aliphatic hydroxyl groups is 2. The first-order valence-electron chi connectivity index (χ1n) is 33.6. The van der Waals surface area contributed by atoms with E-state index in [0.717, 1.165) is 44.9 Å². The summed E-state index contributed by atoms with van der Waals surface area (Å²) in [4.78, 5) is 24.5. The van der Waals surface area contributed by atoms with Gasteiger partial charge in [-0.1, -0.05) is 308 Å². The van der Waals surface area contributed by atoms with Crippen molar-refractivity contribution in [2.75, 3.05) is 13.2 Å². The predicted octanol–water partition coefficient (Wildman–Crippen LogP) is 21.4. The van der Waals surface area contributed by atoms with Crippen molar-refractivity contribution in [1.82, 2.24) is 5.32 Å². The average Bonchev–Trinajstić information content (AvgIpc) is 3.40. The largest absolute Gasteiger partial charge is 0.466 e. The van der Waals surface area contributed by atoms with Gasteiger partial charge in [0.2, 0.25) is 5.91 Å². The summed E-state index contributed by atoms with van der Waals surface area (Å²) in [7, 11) is 0. The molecule has 0 aliphatic carbocycles. The third-order valence-electron chi connectivity index (χ3n) is 15.7. The van der Waals surface area contributed by atoms with Gasteiger partial charge >= 0.3 is 5.97 Å². The zero-order chi connectivity index (χ0) is 53.6. The molecule has 0 radical (unpaired) electrons. The first-order chi connectivity index (χ1) is 36.5. The van der Waals surface area contributed by atoms with E-state index < -0.39 is 12.1 Å². The van der Waals surface area contributed by atoms with Crippen molar-refractivity contribution in [2.45, 2.75) is 386 Å². The molecule has 74 heavy (non-hydrogen) atoms. The molecule has 0 saturated heterocycles. The second-order valence-corrected chi connectivity index (χ2v) is 23.1. The number of carbonyl (C=O) groups is 2. The molecule has 0 rings (SSSR count). The number of aliphatic hydroxyl groups excluding tert-OH is 2.